The van der Waals surface area contributed by atoms with Crippen LogP contribution in [0.25, 0.3) is 5.69 Å². The zero-order chi connectivity index (χ0) is 22.4. The molecular weight excluding hydrogens is 431 g/mol. The van der Waals surface area contributed by atoms with Gasteiger partial charge in [-0.2, -0.15) is 13.2 Å². The maximum atomic E-state index is 13.0. The number of nitrogens with one attached hydrogen (secondary N) is 1. The topological polar surface area (TPSA) is 80.1 Å². The van der Waals surface area contributed by atoms with Crippen molar-refractivity contribution in [1.82, 2.24) is 19.7 Å². The molecule has 0 unspecified atom stereocenters. The van der Waals surface area contributed by atoms with Gasteiger partial charge in [0.25, 0.3) is 0 Å². The standard InChI is InChI=1S/C20H18F3N5O2S/c1-27(11-17(29)25-16-10-6-5-9-15(16)20(21,22)23)18(30)12-31-19-24-13-28(26-19)14-7-3-2-4-8-14/h2-10,13H,11-12H2,1H3,(H,25,29). The summed E-state index contributed by atoms with van der Waals surface area (Å²) in [5.41, 5.74) is -0.486. The predicted octanol–water partition coefficient (Wildman–Crippen LogP) is 3.48. The average Bonchev–Trinajstić information content (AvgIpc) is 3.21. The van der Waals surface area contributed by atoms with Gasteiger partial charge in [-0.3, -0.25) is 9.59 Å². The van der Waals surface area contributed by atoms with Crippen LogP contribution in [-0.4, -0.2) is 50.8 Å². The molecule has 7 nitrogen and oxygen atoms in total. The van der Waals surface area contributed by atoms with E-state index in [4.69, 9.17) is 0 Å². The number of carbonyl (C=O) groups excluding carboxylic acids is 2. The predicted molar refractivity (Wildman–Crippen MR) is 110 cm³/mol. The molecule has 0 bridgehead atoms. The molecule has 3 rings (SSSR count). The van der Waals surface area contributed by atoms with Crippen molar-refractivity contribution in [2.75, 3.05) is 24.7 Å². The highest BCUT2D eigenvalue weighted by Gasteiger charge is 2.33. The molecule has 3 aromatic rings. The molecule has 2 aromatic carbocycles. The number of hydrogen-bond donors (Lipinski definition) is 1. The Kier molecular flexibility index (Phi) is 6.95. The molecule has 1 aromatic heterocycles. The molecule has 0 saturated carbocycles. The van der Waals surface area contributed by atoms with Crippen molar-refractivity contribution in [3.63, 3.8) is 0 Å². The van der Waals surface area contributed by atoms with E-state index >= 15 is 0 Å². The van der Waals surface area contributed by atoms with Crippen LogP contribution >= 0.6 is 11.8 Å². The van der Waals surface area contributed by atoms with Crippen LogP contribution in [0, 0.1) is 0 Å². The maximum Gasteiger partial charge on any atom is 0.418 e. The molecule has 0 fully saturated rings. The average molecular weight is 449 g/mol. The lowest BCUT2D eigenvalue weighted by molar-refractivity contribution is -0.137. The Morgan fingerprint density at radius 3 is 2.48 bits per heavy atom. The van der Waals surface area contributed by atoms with Crippen LogP contribution in [0.5, 0.6) is 0 Å². The van der Waals surface area contributed by atoms with Crippen LogP contribution in [0.15, 0.2) is 66.1 Å². The number of para-hydroxylation sites is 2. The highest BCUT2D eigenvalue weighted by atomic mass is 32.2. The highest BCUT2D eigenvalue weighted by molar-refractivity contribution is 7.99. The molecule has 0 saturated heterocycles. The molecule has 1 heterocycles. The molecule has 1 N–H and O–H groups in total. The molecular formula is C20H18F3N5O2S. The summed E-state index contributed by atoms with van der Waals surface area (Å²) in [4.78, 5) is 29.7. The van der Waals surface area contributed by atoms with Gasteiger partial charge in [-0.15, -0.1) is 5.10 Å². The first kappa shape index (κ1) is 22.3. The minimum Gasteiger partial charge on any atom is -0.336 e. The molecule has 0 spiro atoms. The van der Waals surface area contributed by atoms with Crippen molar-refractivity contribution in [3.05, 3.63) is 66.5 Å². The molecule has 31 heavy (non-hydrogen) atoms. The van der Waals surface area contributed by atoms with E-state index in [-0.39, 0.29) is 17.3 Å². The number of halogens is 3. The number of alkyl halides is 3. The van der Waals surface area contributed by atoms with Gasteiger partial charge in [0.1, 0.15) is 6.33 Å². The Labute approximate surface area is 180 Å². The van der Waals surface area contributed by atoms with E-state index in [0.29, 0.717) is 5.16 Å². The number of amides is 2. The van der Waals surface area contributed by atoms with Crippen molar-refractivity contribution in [1.29, 1.82) is 0 Å². The Balaban J connectivity index is 1.52. The first-order valence-electron chi connectivity index (χ1n) is 9.04. The zero-order valence-corrected chi connectivity index (χ0v) is 17.2. The second-order valence-corrected chi connectivity index (χ2v) is 7.38. The summed E-state index contributed by atoms with van der Waals surface area (Å²) in [6.45, 7) is -0.391. The molecule has 0 radical (unpaired) electrons. The van der Waals surface area contributed by atoms with Crippen LogP contribution in [0.3, 0.4) is 0 Å². The number of benzene rings is 2. The summed E-state index contributed by atoms with van der Waals surface area (Å²) in [5, 5.41) is 6.87. The van der Waals surface area contributed by atoms with E-state index in [9.17, 15) is 22.8 Å². The molecule has 2 amide bonds. The smallest absolute Gasteiger partial charge is 0.336 e. The number of thioether (sulfide) groups is 1. The third-order valence-corrected chi connectivity index (χ3v) is 4.97. The summed E-state index contributed by atoms with van der Waals surface area (Å²) in [7, 11) is 1.40. The molecule has 0 atom stereocenters. The van der Waals surface area contributed by atoms with Crippen LogP contribution < -0.4 is 5.32 Å². The van der Waals surface area contributed by atoms with Crippen LogP contribution in [0.1, 0.15) is 5.56 Å². The fourth-order valence-corrected chi connectivity index (χ4v) is 3.33. The third-order valence-electron chi connectivity index (χ3n) is 4.13. The Bertz CT molecular complexity index is 1060. The lowest BCUT2D eigenvalue weighted by Gasteiger charge is -2.18. The van der Waals surface area contributed by atoms with E-state index in [1.165, 1.54) is 25.5 Å². The number of likely N-dealkylation sites (N-methyl/N-ethyl adjacent to an activating group) is 1. The van der Waals surface area contributed by atoms with E-state index in [2.05, 4.69) is 15.4 Å². The third kappa shape index (κ3) is 6.07. The number of nitrogens with zero attached hydrogens (tertiary/aromatic N) is 4. The van der Waals surface area contributed by atoms with E-state index in [1.54, 1.807) is 4.68 Å². The Hall–Kier alpha value is -3.34. The Morgan fingerprint density at radius 2 is 1.77 bits per heavy atom. The van der Waals surface area contributed by atoms with E-state index < -0.39 is 24.2 Å². The highest BCUT2D eigenvalue weighted by Crippen LogP contribution is 2.34. The lowest BCUT2D eigenvalue weighted by atomic mass is 10.1. The van der Waals surface area contributed by atoms with Crippen LogP contribution in [-0.2, 0) is 15.8 Å². The van der Waals surface area contributed by atoms with Gasteiger partial charge in [0.05, 0.1) is 29.2 Å². The number of carbonyl (C=O) groups is 2. The lowest BCUT2D eigenvalue weighted by Crippen LogP contribution is -2.36. The SMILES string of the molecule is CN(CC(=O)Nc1ccccc1C(F)(F)F)C(=O)CSc1ncn(-c2ccccc2)n1. The van der Waals surface area contributed by atoms with E-state index in [1.807, 2.05) is 30.3 Å². The van der Waals surface area contributed by atoms with Gasteiger partial charge in [0, 0.05) is 7.05 Å². The monoisotopic (exact) mass is 449 g/mol. The van der Waals surface area contributed by atoms with Crippen molar-refractivity contribution in [3.8, 4) is 5.69 Å². The summed E-state index contributed by atoms with van der Waals surface area (Å²) < 4.78 is 40.7. The van der Waals surface area contributed by atoms with Crippen molar-refractivity contribution in [2.24, 2.45) is 0 Å². The molecule has 0 aliphatic heterocycles. The summed E-state index contributed by atoms with van der Waals surface area (Å²) >= 11 is 1.09. The first-order valence-corrected chi connectivity index (χ1v) is 10.0. The van der Waals surface area contributed by atoms with Crippen LogP contribution in [0.4, 0.5) is 18.9 Å². The second-order valence-electron chi connectivity index (χ2n) is 6.44. The van der Waals surface area contributed by atoms with E-state index in [0.717, 1.165) is 34.5 Å². The number of rotatable bonds is 7. The van der Waals surface area contributed by atoms with Crippen LogP contribution in [0.2, 0.25) is 0 Å². The molecule has 162 valence electrons. The van der Waals surface area contributed by atoms with Gasteiger partial charge in [0.2, 0.25) is 17.0 Å². The zero-order valence-electron chi connectivity index (χ0n) is 16.3. The maximum absolute atomic E-state index is 13.0. The summed E-state index contributed by atoms with van der Waals surface area (Å²) in [5.74, 6) is -1.15. The summed E-state index contributed by atoms with van der Waals surface area (Å²) in [6, 6.07) is 14.0. The second kappa shape index (κ2) is 9.65. The van der Waals surface area contributed by atoms with Gasteiger partial charge in [0.15, 0.2) is 0 Å². The fraction of sp³-hybridized carbons (Fsp3) is 0.200. The number of anilines is 1. The van der Waals surface area contributed by atoms with Crippen molar-refractivity contribution >= 4 is 29.3 Å². The van der Waals surface area contributed by atoms with Gasteiger partial charge < -0.3 is 10.2 Å². The Morgan fingerprint density at radius 1 is 1.10 bits per heavy atom. The number of aromatic nitrogens is 3. The largest absolute Gasteiger partial charge is 0.418 e. The molecule has 0 aliphatic carbocycles. The van der Waals surface area contributed by atoms with Gasteiger partial charge in [-0.05, 0) is 24.3 Å². The molecule has 11 heteroatoms. The summed E-state index contributed by atoms with van der Waals surface area (Å²) in [6.07, 6.45) is -3.07. The minimum absolute atomic E-state index is 0.0261. The minimum atomic E-state index is -4.60. The quantitative estimate of drug-likeness (QED) is 0.559. The number of hydrogen-bond acceptors (Lipinski definition) is 5. The van der Waals surface area contributed by atoms with Crippen molar-refractivity contribution in [2.45, 2.75) is 11.3 Å². The van der Waals surface area contributed by atoms with Crippen molar-refractivity contribution < 1.29 is 22.8 Å². The first-order chi connectivity index (χ1) is 14.7. The normalized spacial score (nSPS) is 11.2. The van der Waals surface area contributed by atoms with Gasteiger partial charge in [-0.25, -0.2) is 9.67 Å². The van der Waals surface area contributed by atoms with Gasteiger partial charge in [-0.1, -0.05) is 42.1 Å². The molecule has 0 aliphatic rings. The van der Waals surface area contributed by atoms with Gasteiger partial charge >= 0.3 is 6.18 Å². The fourth-order valence-electron chi connectivity index (χ4n) is 2.59.